The highest BCUT2D eigenvalue weighted by molar-refractivity contribution is 5.82. The van der Waals surface area contributed by atoms with Crippen LogP contribution in [-0.4, -0.2) is 108 Å². The van der Waals surface area contributed by atoms with Crippen LogP contribution in [0.15, 0.2) is 43.0 Å². The molecule has 0 aromatic heterocycles. The summed E-state index contributed by atoms with van der Waals surface area (Å²) in [5, 5.41) is 0. The van der Waals surface area contributed by atoms with Crippen molar-refractivity contribution in [1.29, 1.82) is 0 Å². The van der Waals surface area contributed by atoms with Gasteiger partial charge in [-0.15, -0.1) is 6.58 Å². The van der Waals surface area contributed by atoms with Crippen molar-refractivity contribution in [1.82, 2.24) is 0 Å². The van der Waals surface area contributed by atoms with Gasteiger partial charge >= 0.3 is 53.7 Å². The fourth-order valence-corrected chi connectivity index (χ4v) is 15.9. The smallest absolute Gasteiger partial charge is 0.313 e. The summed E-state index contributed by atoms with van der Waals surface area (Å²) in [5.41, 5.74) is 1.00. The Morgan fingerprint density at radius 3 is 1.01 bits per heavy atom. The van der Waals surface area contributed by atoms with E-state index in [9.17, 15) is 43.2 Å². The van der Waals surface area contributed by atoms with Crippen molar-refractivity contribution < 1.29 is 85.8 Å². The van der Waals surface area contributed by atoms with E-state index >= 15 is 0 Å². The van der Waals surface area contributed by atoms with Crippen molar-refractivity contribution >= 4 is 53.7 Å². The van der Waals surface area contributed by atoms with E-state index in [0.717, 1.165) is 128 Å². The second kappa shape index (κ2) is 57.3. The van der Waals surface area contributed by atoms with Crippen molar-refractivity contribution in [3.63, 3.8) is 0 Å². The second-order valence-corrected chi connectivity index (χ2v) is 33.3. The normalized spacial score (nSPS) is 26.4. The molecule has 0 radical (unpaired) electrons. The van der Waals surface area contributed by atoms with Crippen LogP contribution in [0, 0.1) is 59.2 Å². The highest BCUT2D eigenvalue weighted by Crippen LogP contribution is 2.44. The van der Waals surface area contributed by atoms with Crippen LogP contribution in [0.25, 0.3) is 0 Å². The van der Waals surface area contributed by atoms with Crippen LogP contribution in [0.3, 0.4) is 0 Å². The van der Waals surface area contributed by atoms with Crippen LogP contribution >= 0.6 is 0 Å². The summed E-state index contributed by atoms with van der Waals surface area (Å²) < 4.78 is 45.4. The number of allylic oxidation sites excluding steroid dienone is 1. The van der Waals surface area contributed by atoms with E-state index in [0.29, 0.717) is 18.3 Å². The maximum atomic E-state index is 11.3. The molecular weight excluding hydrogens is 1420 g/mol. The molecule has 9 aliphatic rings. The minimum atomic E-state index is -0.114. The molecule has 644 valence electrons. The lowest BCUT2D eigenvalue weighted by atomic mass is 9.75. The monoisotopic (exact) mass is 1580 g/mol. The first kappa shape index (κ1) is 102. The number of cyclic esters (lactones) is 9. The molecule has 0 bridgehead atoms. The summed E-state index contributed by atoms with van der Waals surface area (Å²) >= 11 is 0. The Hall–Kier alpha value is -5.81. The maximum Gasteiger partial charge on any atom is 0.313 e. The Balaban J connectivity index is 0.000000432. The quantitative estimate of drug-likeness (QED) is 0.0256. The number of hydrogen-bond donors (Lipinski definition) is 0. The van der Waals surface area contributed by atoms with Crippen LogP contribution in [0.2, 0.25) is 0 Å². The predicted molar refractivity (Wildman–Crippen MR) is 445 cm³/mol. The summed E-state index contributed by atoms with van der Waals surface area (Å²) in [6, 6.07) is 10.1. The van der Waals surface area contributed by atoms with Gasteiger partial charge < -0.3 is 42.6 Å². The molecule has 0 saturated carbocycles. The van der Waals surface area contributed by atoms with Gasteiger partial charge in [-0.05, 0) is 141 Å². The van der Waals surface area contributed by atoms with E-state index in [1.54, 1.807) is 0 Å². The average molecular weight is 1580 g/mol. The van der Waals surface area contributed by atoms with Gasteiger partial charge in [0.2, 0.25) is 0 Å². The third kappa shape index (κ3) is 34.6. The van der Waals surface area contributed by atoms with E-state index in [1.807, 2.05) is 45.0 Å². The number of esters is 9. The molecule has 112 heavy (non-hydrogen) atoms. The van der Waals surface area contributed by atoms with E-state index < -0.39 is 0 Å². The zero-order valence-corrected chi connectivity index (χ0v) is 73.9. The van der Waals surface area contributed by atoms with Gasteiger partial charge in [-0.2, -0.15) is 0 Å². The fraction of sp³-hybridized carbons (Fsp3) is 0.819. The van der Waals surface area contributed by atoms with E-state index in [4.69, 9.17) is 37.9 Å². The molecule has 9 aliphatic heterocycles. The fourth-order valence-electron chi connectivity index (χ4n) is 15.9. The van der Waals surface area contributed by atoms with Crippen LogP contribution in [-0.2, 0) is 92.2 Å². The number of carbonyl (C=O) groups is 9. The summed E-state index contributed by atoms with van der Waals surface area (Å²) in [6.45, 7) is 43.5. The van der Waals surface area contributed by atoms with E-state index in [2.05, 4.69) is 134 Å². The van der Waals surface area contributed by atoms with Gasteiger partial charge in [0.1, 0.15) is 53.9 Å². The van der Waals surface area contributed by atoms with Crippen LogP contribution in [0.4, 0.5) is 0 Å². The number of ether oxygens (including phenoxy) is 9. The van der Waals surface area contributed by atoms with Gasteiger partial charge in [0.15, 0.2) is 0 Å². The lowest BCUT2D eigenvalue weighted by Gasteiger charge is -2.47. The Morgan fingerprint density at radius 1 is 0.366 bits per heavy atom. The van der Waals surface area contributed by atoms with Gasteiger partial charge in [0, 0.05) is 0 Å². The third-order valence-electron chi connectivity index (χ3n) is 23.8. The molecule has 9 heterocycles. The molecule has 9 saturated heterocycles. The number of carbonyl (C=O) groups excluding carboxylic acids is 9. The van der Waals surface area contributed by atoms with Crippen molar-refractivity contribution in [3.05, 3.63) is 48.6 Å². The molecule has 10 rings (SSSR count). The Labute approximate surface area is 679 Å². The number of rotatable bonds is 42. The molecule has 1 aromatic rings. The largest absolute Gasteiger partial charge is 0.462 e. The van der Waals surface area contributed by atoms with Crippen molar-refractivity contribution in [2.24, 2.45) is 59.2 Å². The Kier molecular flexibility index (Phi) is 52.3. The zero-order chi connectivity index (χ0) is 83.8. The predicted octanol–water partition coefficient (Wildman–Crippen LogP) is 22.7. The first-order valence-corrected chi connectivity index (χ1v) is 45.2. The Bertz CT molecular complexity index is 2800. The molecule has 0 spiro atoms. The molecule has 18 heteroatoms. The van der Waals surface area contributed by atoms with Gasteiger partial charge in [0.05, 0.1) is 53.8 Å². The van der Waals surface area contributed by atoms with Crippen molar-refractivity contribution in [3.8, 4) is 0 Å². The zero-order valence-electron chi connectivity index (χ0n) is 73.9. The standard InChI is InChI=1S/C15H26O2.C13H16O2.C13H24O2.C12H22O2.2C11H20O2.C8H14O2.C7H12O2.C4H6O2/c1-3-5-6-7-8-9-10-12-13-14(11-4-2)17-15(13)16;1-2-6-12-11(13(14)15-12)9-10-7-4-3-5-8-10;1-3-5-6-7-8-10-11-12(9-4-2)15-13(11)14;1-4-7-8-9-10-11(13)14-12(10,5-2)6-3;1-4-5-6-7-9-10(8(2)3)13-11(9)12;1-3-5-6-8-9-10(7-4-2)13-11(9)12;1-4-8(5-2)6(3)7(9)10-8;1-4(2)6-5(3)7(8)9-6;1-3-2-4(5)6-3/h3,13-14H,1,4-12H2,2H3;3-5,7-8,11-12H,2,6,9H2,1H3;11-12H,3-10H2,1-2H3;10H,4-9H2,1-3H3;8-10H,4-7H2,1-3H3;9-10H,3-8H2,1-2H3;6H,4-5H2,1-3H3;4-6H,1-3H3;3H,2H2,1H3. The lowest BCUT2D eigenvalue weighted by Crippen LogP contribution is -2.56. The molecule has 0 amide bonds. The van der Waals surface area contributed by atoms with Gasteiger partial charge in [-0.1, -0.05) is 288 Å². The minimum Gasteiger partial charge on any atom is -0.462 e. The highest BCUT2D eigenvalue weighted by Gasteiger charge is 2.54. The maximum absolute atomic E-state index is 11.3. The first-order valence-electron chi connectivity index (χ1n) is 45.2. The molecule has 18 nitrogen and oxygen atoms in total. The van der Waals surface area contributed by atoms with Crippen LogP contribution in [0.1, 0.15) is 381 Å². The van der Waals surface area contributed by atoms with Gasteiger partial charge in [-0.25, -0.2) is 0 Å². The molecule has 9 fully saturated rings. The van der Waals surface area contributed by atoms with Crippen molar-refractivity contribution in [2.45, 2.75) is 436 Å². The van der Waals surface area contributed by atoms with Crippen LogP contribution in [0.5, 0.6) is 0 Å². The summed E-state index contributed by atoms with van der Waals surface area (Å²) in [7, 11) is 0. The SMILES string of the molecule is C=CCCCCCCCC1C(=O)OC1CCC.CC(C)C1OC(=O)C1C.CC1CC(=O)O1.CCC1(CC)OC(=O)C1C.CCCC1OC(=O)C1Cc1ccccc1.CCCCCC1C(=O)OC1(CC)CC.CCCCCC1C(=O)OC1C(C)C.CCCCCC1C(=O)OC1CCC.CCCCCCCC1C(=O)OC1CCC. The summed E-state index contributed by atoms with van der Waals surface area (Å²) in [4.78, 5) is 98.5. The van der Waals surface area contributed by atoms with Crippen LogP contribution < -0.4 is 0 Å². The number of benzene rings is 1. The highest BCUT2D eigenvalue weighted by atomic mass is 16.6. The molecular formula is C94H160O18. The molecule has 1 aromatic carbocycles. The molecule has 15 unspecified atom stereocenters. The Morgan fingerprint density at radius 2 is 0.714 bits per heavy atom. The van der Waals surface area contributed by atoms with Crippen molar-refractivity contribution in [2.75, 3.05) is 0 Å². The van der Waals surface area contributed by atoms with E-state index in [1.165, 1.54) is 121 Å². The molecule has 0 aliphatic carbocycles. The second-order valence-electron chi connectivity index (χ2n) is 33.3. The van der Waals surface area contributed by atoms with Gasteiger partial charge in [0.25, 0.3) is 0 Å². The summed E-state index contributed by atoms with van der Waals surface area (Å²) in [6.07, 6.45) is 47.0. The minimum absolute atomic E-state index is 0.0230. The summed E-state index contributed by atoms with van der Waals surface area (Å²) in [5.74, 6) is 2.32. The number of unbranched alkanes of at least 4 members (excludes halogenated alkanes) is 15. The lowest BCUT2D eigenvalue weighted by molar-refractivity contribution is -0.216. The van der Waals surface area contributed by atoms with Gasteiger partial charge in [-0.3, -0.25) is 43.2 Å². The molecule has 0 N–H and O–H groups in total. The first-order chi connectivity index (χ1) is 53.6. The van der Waals surface area contributed by atoms with E-state index in [-0.39, 0.29) is 155 Å². The third-order valence-corrected chi connectivity index (χ3v) is 23.8. The average Bonchev–Trinajstić information content (AvgIpc) is 0.772. The topological polar surface area (TPSA) is 237 Å². The number of hydrogen-bond acceptors (Lipinski definition) is 18. The molecule has 15 atom stereocenters.